The molecule has 0 spiro atoms. The fraction of sp³-hybridized carbons (Fsp3) is 0. The molecule has 2 nitrogen and oxygen atoms in total. The summed E-state index contributed by atoms with van der Waals surface area (Å²) >= 11 is 0. The van der Waals surface area contributed by atoms with Crippen LogP contribution in [0, 0.1) is 24.3 Å². The Morgan fingerprint density at radius 1 is 0.591 bits per heavy atom. The summed E-state index contributed by atoms with van der Waals surface area (Å²) in [6.45, 7) is 0. The Labute approximate surface area is 183 Å². The van der Waals surface area contributed by atoms with Crippen LogP contribution >= 0.6 is 0 Å². The smallest absolute Gasteiger partial charge is 0 e. The van der Waals surface area contributed by atoms with E-state index in [9.17, 15) is 0 Å². The quantitative estimate of drug-likeness (QED) is 0.418. The SMILES string of the molecule is Nc1c[c-]ccc1.Nc1c[c-]ccc1.[Y].[Y].[c-]1c[c-]ccc1. The molecule has 3 rings (SSSR count). The molecule has 0 saturated carbocycles. The van der Waals surface area contributed by atoms with Crippen LogP contribution in [0.25, 0.3) is 0 Å². The van der Waals surface area contributed by atoms with Gasteiger partial charge in [0.1, 0.15) is 0 Å². The molecule has 108 valence electrons. The standard InChI is InChI=1S/2C6H6N.C6H4.2Y/c2*7-6-4-2-1-3-5-6;1-2-4-6-5-3-1;;/h2*1-2,4-5H,7H2;1-3,6H;;/q2*-1;-2;;. The second-order valence-electron chi connectivity index (χ2n) is 3.68. The van der Waals surface area contributed by atoms with E-state index in [0.717, 1.165) is 11.4 Å². The predicted octanol–water partition coefficient (Wildman–Crippen LogP) is 3.42. The van der Waals surface area contributed by atoms with Gasteiger partial charge in [-0.3, -0.25) is 18.2 Å². The summed E-state index contributed by atoms with van der Waals surface area (Å²) < 4.78 is 0. The molecule has 0 aromatic heterocycles. The molecule has 0 aliphatic carbocycles. The van der Waals surface area contributed by atoms with E-state index >= 15 is 0 Å². The first-order valence-corrected chi connectivity index (χ1v) is 6.04. The van der Waals surface area contributed by atoms with Crippen LogP contribution in [0.4, 0.5) is 11.4 Å². The van der Waals surface area contributed by atoms with Crippen LogP contribution in [0.1, 0.15) is 0 Å². The minimum atomic E-state index is 0. The Bertz CT molecular complexity index is 482. The van der Waals surface area contributed by atoms with Crippen molar-refractivity contribution in [3.63, 3.8) is 0 Å². The second-order valence-corrected chi connectivity index (χ2v) is 3.68. The molecule has 0 fully saturated rings. The van der Waals surface area contributed by atoms with Crippen molar-refractivity contribution >= 4 is 11.4 Å². The average Bonchev–Trinajstić information content (AvgIpc) is 2.52. The van der Waals surface area contributed by atoms with E-state index in [1.54, 1.807) is 18.2 Å². The van der Waals surface area contributed by atoms with Crippen LogP contribution in [0.2, 0.25) is 0 Å². The Kier molecular flexibility index (Phi) is 18.2. The molecule has 0 heterocycles. The molecule has 4 N–H and O–H groups in total. The molecule has 0 aliphatic rings. The van der Waals surface area contributed by atoms with Gasteiger partial charge in [0.2, 0.25) is 0 Å². The summed E-state index contributed by atoms with van der Waals surface area (Å²) in [6, 6.07) is 33.1. The summed E-state index contributed by atoms with van der Waals surface area (Å²) in [5.74, 6) is 0. The van der Waals surface area contributed by atoms with Crippen LogP contribution in [0.15, 0.2) is 72.8 Å². The largest absolute Gasteiger partial charge is 0.449 e. The van der Waals surface area contributed by atoms with Gasteiger partial charge in [-0.05, 0) is 0 Å². The van der Waals surface area contributed by atoms with Gasteiger partial charge in [-0.1, -0.05) is 11.4 Å². The molecular weight excluding hydrogens is 422 g/mol. The Balaban J connectivity index is 0. The normalized spacial score (nSPS) is 7.64. The molecule has 0 bridgehead atoms. The average molecular weight is 438 g/mol. The second kappa shape index (κ2) is 16.8. The minimum Gasteiger partial charge on any atom is -0.449 e. The monoisotopic (exact) mass is 438 g/mol. The topological polar surface area (TPSA) is 52.0 Å². The third-order valence-electron chi connectivity index (χ3n) is 2.01. The maximum absolute atomic E-state index is 5.33. The number of hydrogen-bond acceptors (Lipinski definition) is 2. The van der Waals surface area contributed by atoms with Crippen molar-refractivity contribution in [2.75, 3.05) is 11.5 Å². The summed E-state index contributed by atoms with van der Waals surface area (Å²) in [4.78, 5) is 0. The molecule has 0 amide bonds. The van der Waals surface area contributed by atoms with Gasteiger partial charge < -0.3 is 29.7 Å². The number of benzene rings is 3. The van der Waals surface area contributed by atoms with E-state index in [1.165, 1.54) is 0 Å². The molecule has 0 atom stereocenters. The number of anilines is 2. The number of nitrogen functional groups attached to an aromatic ring is 2. The van der Waals surface area contributed by atoms with E-state index in [2.05, 4.69) is 24.3 Å². The maximum atomic E-state index is 5.33. The first-order valence-electron chi connectivity index (χ1n) is 6.04. The van der Waals surface area contributed by atoms with Crippen LogP contribution in [-0.4, -0.2) is 0 Å². The van der Waals surface area contributed by atoms with Gasteiger partial charge in [0, 0.05) is 65.4 Å². The molecular formula is C18H16N2Y2-4. The van der Waals surface area contributed by atoms with Crippen molar-refractivity contribution in [2.24, 2.45) is 0 Å². The van der Waals surface area contributed by atoms with Crippen molar-refractivity contribution < 1.29 is 65.4 Å². The molecule has 2 radical (unpaired) electrons. The van der Waals surface area contributed by atoms with Crippen LogP contribution in [0.5, 0.6) is 0 Å². The van der Waals surface area contributed by atoms with Gasteiger partial charge in [-0.25, -0.2) is 0 Å². The van der Waals surface area contributed by atoms with Gasteiger partial charge >= 0.3 is 0 Å². The third kappa shape index (κ3) is 14.4. The number of hydrogen-bond donors (Lipinski definition) is 2. The summed E-state index contributed by atoms with van der Waals surface area (Å²) in [5, 5.41) is 0. The van der Waals surface area contributed by atoms with E-state index in [0.29, 0.717) is 0 Å². The Hall–Kier alpha value is -0.532. The summed E-state index contributed by atoms with van der Waals surface area (Å²) in [5.41, 5.74) is 12.2. The molecule has 0 aliphatic heterocycles. The molecule has 0 unspecified atom stereocenters. The Morgan fingerprint density at radius 2 is 1.00 bits per heavy atom. The van der Waals surface area contributed by atoms with Crippen molar-refractivity contribution in [1.82, 2.24) is 0 Å². The number of nitrogens with two attached hydrogens (primary N) is 2. The minimum absolute atomic E-state index is 0. The van der Waals surface area contributed by atoms with Crippen LogP contribution in [-0.2, 0) is 65.4 Å². The molecule has 0 saturated heterocycles. The van der Waals surface area contributed by atoms with E-state index in [-0.39, 0.29) is 65.4 Å². The zero-order valence-electron chi connectivity index (χ0n) is 12.2. The number of rotatable bonds is 0. The Morgan fingerprint density at radius 3 is 1.14 bits per heavy atom. The molecule has 4 heteroatoms. The van der Waals surface area contributed by atoms with Crippen molar-refractivity contribution in [2.45, 2.75) is 0 Å². The van der Waals surface area contributed by atoms with E-state index < -0.39 is 0 Å². The van der Waals surface area contributed by atoms with E-state index in [4.69, 9.17) is 11.5 Å². The van der Waals surface area contributed by atoms with E-state index in [1.807, 2.05) is 54.6 Å². The molecule has 3 aromatic rings. The van der Waals surface area contributed by atoms with Gasteiger partial charge in [0.15, 0.2) is 0 Å². The van der Waals surface area contributed by atoms with Crippen LogP contribution in [0.3, 0.4) is 0 Å². The first-order chi connectivity index (χ1) is 9.79. The zero-order valence-corrected chi connectivity index (χ0v) is 17.9. The summed E-state index contributed by atoms with van der Waals surface area (Å²) in [7, 11) is 0. The van der Waals surface area contributed by atoms with Gasteiger partial charge in [0.25, 0.3) is 0 Å². The van der Waals surface area contributed by atoms with Crippen molar-refractivity contribution in [3.05, 3.63) is 97.1 Å². The van der Waals surface area contributed by atoms with Gasteiger partial charge in [-0.15, -0.1) is 0 Å². The fourth-order valence-electron chi connectivity index (χ4n) is 1.12. The maximum Gasteiger partial charge on any atom is 0 e. The van der Waals surface area contributed by atoms with Gasteiger partial charge in [-0.2, -0.15) is 60.7 Å². The zero-order chi connectivity index (χ0) is 14.5. The third-order valence-corrected chi connectivity index (χ3v) is 2.01. The van der Waals surface area contributed by atoms with Gasteiger partial charge in [0.05, 0.1) is 0 Å². The van der Waals surface area contributed by atoms with Crippen LogP contribution < -0.4 is 11.5 Å². The summed E-state index contributed by atoms with van der Waals surface area (Å²) in [6.07, 6.45) is 0. The first kappa shape index (κ1) is 23.7. The molecule has 3 aromatic carbocycles. The van der Waals surface area contributed by atoms with Crippen molar-refractivity contribution in [1.29, 1.82) is 0 Å². The van der Waals surface area contributed by atoms with Crippen molar-refractivity contribution in [3.8, 4) is 0 Å². The predicted molar refractivity (Wildman–Crippen MR) is 83.5 cm³/mol. The fourth-order valence-corrected chi connectivity index (χ4v) is 1.12. The molecule has 22 heavy (non-hydrogen) atoms.